The fourth-order valence-electron chi connectivity index (χ4n) is 4.33. The van der Waals surface area contributed by atoms with E-state index in [-0.39, 0.29) is 30.2 Å². The van der Waals surface area contributed by atoms with E-state index in [0.717, 1.165) is 5.56 Å². The van der Waals surface area contributed by atoms with E-state index in [0.29, 0.717) is 16.9 Å². The Balaban J connectivity index is 1.48. The summed E-state index contributed by atoms with van der Waals surface area (Å²) in [5.41, 5.74) is 3.30. The Morgan fingerprint density at radius 3 is 2.18 bits per heavy atom. The maximum Gasteiger partial charge on any atom is 0.357 e. The van der Waals surface area contributed by atoms with Crippen LogP contribution >= 0.6 is 0 Å². The molecule has 0 saturated carbocycles. The first-order valence-electron chi connectivity index (χ1n) is 12.5. The lowest BCUT2D eigenvalue weighted by atomic mass is 9.95. The smallest absolute Gasteiger partial charge is 0.357 e. The van der Waals surface area contributed by atoms with Crippen molar-refractivity contribution in [3.05, 3.63) is 120 Å². The molecular weight excluding hydrogens is 496 g/mol. The Hall–Kier alpha value is -5.18. The molecule has 1 unspecified atom stereocenters. The molecule has 4 aromatic rings. The number of aromatic nitrogens is 2. The molecule has 39 heavy (non-hydrogen) atoms. The van der Waals surface area contributed by atoms with Gasteiger partial charge < -0.3 is 20.1 Å². The van der Waals surface area contributed by atoms with Gasteiger partial charge in [-0.05, 0) is 30.7 Å². The van der Waals surface area contributed by atoms with E-state index in [2.05, 4.69) is 15.7 Å². The van der Waals surface area contributed by atoms with Gasteiger partial charge in [0.15, 0.2) is 5.69 Å². The second-order valence-electron chi connectivity index (χ2n) is 8.66. The van der Waals surface area contributed by atoms with E-state index in [1.807, 2.05) is 66.7 Å². The fraction of sp³-hybridized carbons (Fsp3) is 0.133. The average molecular weight is 523 g/mol. The quantitative estimate of drug-likeness (QED) is 0.328. The molecule has 0 bridgehead atoms. The Bertz CT molecular complexity index is 1510. The lowest BCUT2D eigenvalue weighted by Gasteiger charge is -2.29. The van der Waals surface area contributed by atoms with E-state index < -0.39 is 24.0 Å². The molecule has 0 fully saturated rings. The van der Waals surface area contributed by atoms with E-state index in [4.69, 9.17) is 9.47 Å². The minimum atomic E-state index is -0.771. The molecular formula is C30H26N4O5. The van der Waals surface area contributed by atoms with Gasteiger partial charge in [0.2, 0.25) is 0 Å². The number of para-hydroxylation sites is 1. The predicted octanol–water partition coefficient (Wildman–Crippen LogP) is 4.57. The molecule has 9 heteroatoms. The Morgan fingerprint density at radius 1 is 0.872 bits per heavy atom. The molecule has 0 saturated heterocycles. The zero-order valence-corrected chi connectivity index (χ0v) is 21.2. The van der Waals surface area contributed by atoms with Crippen molar-refractivity contribution in [2.75, 3.05) is 13.2 Å². The molecule has 196 valence electrons. The zero-order valence-electron chi connectivity index (χ0n) is 21.2. The highest BCUT2D eigenvalue weighted by Gasteiger charge is 2.34. The highest BCUT2D eigenvalue weighted by atomic mass is 16.5. The summed E-state index contributed by atoms with van der Waals surface area (Å²) in [5, 5.41) is 10.0. The predicted molar refractivity (Wildman–Crippen MR) is 144 cm³/mol. The molecule has 3 aromatic carbocycles. The molecule has 5 rings (SSSR count). The van der Waals surface area contributed by atoms with Crippen LogP contribution in [-0.2, 0) is 14.3 Å². The largest absolute Gasteiger partial charge is 0.463 e. The lowest BCUT2D eigenvalue weighted by Crippen LogP contribution is -2.47. The molecule has 9 nitrogen and oxygen atoms in total. The van der Waals surface area contributed by atoms with Crippen LogP contribution in [-0.4, -0.2) is 41.0 Å². The number of hydrogen-bond acceptors (Lipinski definition) is 6. The van der Waals surface area contributed by atoms with Crippen LogP contribution in [0.15, 0.2) is 108 Å². The Morgan fingerprint density at radius 2 is 1.51 bits per heavy atom. The van der Waals surface area contributed by atoms with Crippen LogP contribution in [0.1, 0.15) is 29.0 Å². The maximum atomic E-state index is 13.4. The first kappa shape index (κ1) is 25.5. The van der Waals surface area contributed by atoms with Crippen LogP contribution in [0, 0.1) is 0 Å². The van der Waals surface area contributed by atoms with Crippen molar-refractivity contribution in [2.24, 2.45) is 0 Å². The summed E-state index contributed by atoms with van der Waals surface area (Å²) in [7, 11) is 0. The second-order valence-corrected chi connectivity index (χ2v) is 8.66. The van der Waals surface area contributed by atoms with Crippen molar-refractivity contribution in [1.29, 1.82) is 0 Å². The van der Waals surface area contributed by atoms with Crippen LogP contribution in [0.5, 0.6) is 0 Å². The number of nitrogens with zero attached hydrogens (tertiary/aromatic N) is 2. The third kappa shape index (κ3) is 5.57. The summed E-state index contributed by atoms with van der Waals surface area (Å²) >= 11 is 0. The normalized spacial score (nSPS) is 14.8. The van der Waals surface area contributed by atoms with Crippen molar-refractivity contribution in [3.63, 3.8) is 0 Å². The summed E-state index contributed by atoms with van der Waals surface area (Å²) in [6.45, 7) is 1.48. The number of urea groups is 1. The molecule has 2 N–H and O–H groups in total. The number of ether oxygens (including phenoxy) is 2. The highest BCUT2D eigenvalue weighted by molar-refractivity contribution is 5.95. The molecule has 0 radical (unpaired) electrons. The van der Waals surface area contributed by atoms with E-state index in [9.17, 15) is 14.4 Å². The van der Waals surface area contributed by atoms with Gasteiger partial charge in [0, 0.05) is 5.56 Å². The van der Waals surface area contributed by atoms with Crippen LogP contribution in [0.3, 0.4) is 0 Å². The van der Waals surface area contributed by atoms with Crippen molar-refractivity contribution in [2.45, 2.75) is 13.0 Å². The molecule has 0 aliphatic carbocycles. The number of amides is 2. The Kier molecular flexibility index (Phi) is 7.49. The summed E-state index contributed by atoms with van der Waals surface area (Å²) in [6, 6.07) is 28.1. The van der Waals surface area contributed by atoms with Crippen molar-refractivity contribution in [3.8, 4) is 16.9 Å². The topological polar surface area (TPSA) is 112 Å². The molecule has 1 aromatic heterocycles. The number of nitrogens with one attached hydrogen (secondary N) is 2. The fourth-order valence-corrected chi connectivity index (χ4v) is 4.33. The van der Waals surface area contributed by atoms with Gasteiger partial charge in [-0.2, -0.15) is 5.10 Å². The SMILES string of the molecule is CCOC(=O)C1=C(COC(=O)c2cc(-c3ccccc3)nn2-c2ccccc2)NC(=O)NC1c1ccccc1. The summed E-state index contributed by atoms with van der Waals surface area (Å²) < 4.78 is 12.5. The molecule has 2 heterocycles. The summed E-state index contributed by atoms with van der Waals surface area (Å²) in [6.07, 6.45) is 0. The maximum absolute atomic E-state index is 13.4. The number of carbonyl (C=O) groups excluding carboxylic acids is 3. The molecule has 2 amide bonds. The van der Waals surface area contributed by atoms with Crippen LogP contribution < -0.4 is 10.6 Å². The number of hydrogen-bond donors (Lipinski definition) is 2. The first-order chi connectivity index (χ1) is 19.0. The molecule has 1 aliphatic heterocycles. The van der Waals surface area contributed by atoms with Gasteiger partial charge >= 0.3 is 18.0 Å². The average Bonchev–Trinajstić information content (AvgIpc) is 3.43. The first-order valence-corrected chi connectivity index (χ1v) is 12.5. The number of esters is 2. The number of rotatable bonds is 8. The monoisotopic (exact) mass is 522 g/mol. The van der Waals surface area contributed by atoms with Crippen LogP contribution in [0.4, 0.5) is 4.79 Å². The van der Waals surface area contributed by atoms with Gasteiger partial charge in [0.25, 0.3) is 0 Å². The van der Waals surface area contributed by atoms with E-state index in [1.165, 1.54) is 4.68 Å². The zero-order chi connectivity index (χ0) is 27.2. The minimum absolute atomic E-state index is 0.142. The van der Waals surface area contributed by atoms with Crippen molar-refractivity contribution < 1.29 is 23.9 Å². The third-order valence-electron chi connectivity index (χ3n) is 6.12. The van der Waals surface area contributed by atoms with E-state index >= 15 is 0 Å². The van der Waals surface area contributed by atoms with Crippen LogP contribution in [0.2, 0.25) is 0 Å². The number of carbonyl (C=O) groups is 3. The number of benzene rings is 3. The lowest BCUT2D eigenvalue weighted by molar-refractivity contribution is -0.139. The van der Waals surface area contributed by atoms with Gasteiger partial charge in [0.05, 0.1) is 35.3 Å². The van der Waals surface area contributed by atoms with Crippen molar-refractivity contribution >= 4 is 18.0 Å². The minimum Gasteiger partial charge on any atom is -0.463 e. The Labute approximate surface area is 225 Å². The molecule has 0 spiro atoms. The van der Waals surface area contributed by atoms with E-state index in [1.54, 1.807) is 37.3 Å². The van der Waals surface area contributed by atoms with Gasteiger partial charge in [-0.15, -0.1) is 0 Å². The van der Waals surface area contributed by atoms with Gasteiger partial charge in [-0.1, -0.05) is 78.9 Å². The summed E-state index contributed by atoms with van der Waals surface area (Å²) in [5.74, 6) is -1.29. The second kappa shape index (κ2) is 11.5. The van der Waals surface area contributed by atoms with Gasteiger partial charge in [0.1, 0.15) is 6.61 Å². The highest BCUT2D eigenvalue weighted by Crippen LogP contribution is 2.28. The standard InChI is InChI=1S/C30H26N4O5/c1-2-38-29(36)26-24(31-30(37)32-27(26)21-14-8-4-9-15-21)19-39-28(35)25-18-23(20-12-6-3-7-13-20)33-34(25)22-16-10-5-11-17-22/h3-18,27H,2,19H2,1H3,(H2,31,32,37). The van der Waals surface area contributed by atoms with Gasteiger partial charge in [-0.25, -0.2) is 19.1 Å². The molecule has 1 atom stereocenters. The molecule has 1 aliphatic rings. The van der Waals surface area contributed by atoms with Gasteiger partial charge in [-0.3, -0.25) is 0 Å². The third-order valence-corrected chi connectivity index (χ3v) is 6.12. The summed E-state index contributed by atoms with van der Waals surface area (Å²) in [4.78, 5) is 38.9. The van der Waals surface area contributed by atoms with Crippen LogP contribution in [0.25, 0.3) is 16.9 Å². The van der Waals surface area contributed by atoms with Crippen molar-refractivity contribution in [1.82, 2.24) is 20.4 Å².